The first kappa shape index (κ1) is 20.4. The van der Waals surface area contributed by atoms with E-state index in [1.165, 1.54) is 16.7 Å². The van der Waals surface area contributed by atoms with Gasteiger partial charge < -0.3 is 15.1 Å². The third-order valence-corrected chi connectivity index (χ3v) is 4.95. The van der Waals surface area contributed by atoms with Crippen molar-refractivity contribution in [1.29, 1.82) is 0 Å². The Balaban J connectivity index is 2.03. The maximum Gasteiger partial charge on any atom is 0.335 e. The lowest BCUT2D eigenvalue weighted by Gasteiger charge is -2.23. The van der Waals surface area contributed by atoms with Crippen LogP contribution < -0.4 is 10.5 Å². The first-order valence-electron chi connectivity index (χ1n) is 8.66. The summed E-state index contributed by atoms with van der Waals surface area (Å²) in [7, 11) is 1.54. The molecule has 0 saturated carbocycles. The summed E-state index contributed by atoms with van der Waals surface area (Å²) >= 11 is 6.42. The summed E-state index contributed by atoms with van der Waals surface area (Å²) in [5, 5.41) is 19.2. The van der Waals surface area contributed by atoms with Crippen LogP contribution >= 0.6 is 11.6 Å². The Hall–Kier alpha value is -3.34. The fourth-order valence-corrected chi connectivity index (χ4v) is 3.23. The molecule has 29 heavy (non-hydrogen) atoms. The van der Waals surface area contributed by atoms with E-state index in [0.717, 1.165) is 5.69 Å². The molecule has 0 fully saturated rings. The van der Waals surface area contributed by atoms with Crippen LogP contribution in [0.25, 0.3) is 10.9 Å². The van der Waals surface area contributed by atoms with E-state index < -0.39 is 5.97 Å². The molecule has 0 aliphatic carbocycles. The van der Waals surface area contributed by atoms with Gasteiger partial charge in [-0.15, -0.1) is 6.42 Å². The second kappa shape index (κ2) is 8.35. The number of fused-ring (bicyclic) bond motifs is 1. The molecule has 0 aliphatic heterocycles. The largest absolute Gasteiger partial charge is 0.478 e. The molecule has 7 nitrogen and oxygen atoms in total. The van der Waals surface area contributed by atoms with Gasteiger partial charge in [-0.2, -0.15) is 0 Å². The minimum atomic E-state index is -1.01. The van der Waals surface area contributed by atoms with E-state index in [2.05, 4.69) is 10.9 Å². The molecule has 0 aliphatic rings. The number of aromatic nitrogens is 2. The number of aromatic carboxylic acids is 1. The number of nitrogens with zero attached hydrogens (tertiary/aromatic N) is 3. The van der Waals surface area contributed by atoms with Crippen molar-refractivity contribution < 1.29 is 15.0 Å². The molecular weight excluding hydrogens is 394 g/mol. The number of benzene rings is 2. The van der Waals surface area contributed by atoms with E-state index in [0.29, 0.717) is 28.0 Å². The smallest absolute Gasteiger partial charge is 0.335 e. The van der Waals surface area contributed by atoms with Crippen molar-refractivity contribution in [3.63, 3.8) is 0 Å². The van der Waals surface area contributed by atoms with Gasteiger partial charge in [0, 0.05) is 24.3 Å². The summed E-state index contributed by atoms with van der Waals surface area (Å²) in [4.78, 5) is 29.8. The van der Waals surface area contributed by atoms with Gasteiger partial charge in [0.1, 0.15) is 12.4 Å². The van der Waals surface area contributed by atoms with E-state index in [9.17, 15) is 14.7 Å². The Morgan fingerprint density at radius 3 is 2.59 bits per heavy atom. The predicted molar refractivity (Wildman–Crippen MR) is 111 cm³/mol. The van der Waals surface area contributed by atoms with Crippen LogP contribution in [-0.4, -0.2) is 32.3 Å². The third-order valence-electron chi connectivity index (χ3n) is 4.60. The molecule has 0 atom stereocenters. The average Bonchev–Trinajstić information content (AvgIpc) is 2.71. The number of halogens is 1. The van der Waals surface area contributed by atoms with E-state index in [1.807, 2.05) is 4.90 Å². The van der Waals surface area contributed by atoms with Gasteiger partial charge in [-0.25, -0.2) is 9.78 Å². The molecule has 0 bridgehead atoms. The lowest BCUT2D eigenvalue weighted by atomic mass is 10.1. The standard InChI is InChI=1S/C21H18ClN3O4/c1-3-8-25(15-6-4-13(5-7-15)21(28)29)11-14-9-16-18(10-17(14)22)23-19(12-26)24(2)20(16)27/h1,4-7,9-10,26H,8,11-12H2,2H3,(H,28,29). The van der Waals surface area contributed by atoms with Crippen LogP contribution in [0.5, 0.6) is 0 Å². The number of carbonyl (C=O) groups is 1. The van der Waals surface area contributed by atoms with Crippen molar-refractivity contribution >= 4 is 34.2 Å². The topological polar surface area (TPSA) is 95.7 Å². The molecule has 0 spiro atoms. The van der Waals surface area contributed by atoms with E-state index in [1.54, 1.807) is 31.3 Å². The third kappa shape index (κ3) is 4.09. The molecule has 2 N–H and O–H groups in total. The summed E-state index contributed by atoms with van der Waals surface area (Å²) in [6, 6.07) is 9.60. The lowest BCUT2D eigenvalue weighted by molar-refractivity contribution is 0.0697. The molecule has 1 aromatic heterocycles. The molecule has 0 saturated heterocycles. The number of rotatable bonds is 6. The van der Waals surface area contributed by atoms with Gasteiger partial charge in [-0.1, -0.05) is 17.5 Å². The molecule has 1 heterocycles. The van der Waals surface area contributed by atoms with Gasteiger partial charge in [-0.05, 0) is 42.0 Å². The van der Waals surface area contributed by atoms with E-state index in [4.69, 9.17) is 23.1 Å². The van der Waals surface area contributed by atoms with Crippen LogP contribution in [-0.2, 0) is 20.2 Å². The maximum atomic E-state index is 12.6. The number of hydrogen-bond donors (Lipinski definition) is 2. The molecule has 148 valence electrons. The van der Waals surface area contributed by atoms with Crippen LogP contribution in [0, 0.1) is 12.3 Å². The van der Waals surface area contributed by atoms with Gasteiger partial charge in [-0.3, -0.25) is 9.36 Å². The highest BCUT2D eigenvalue weighted by Crippen LogP contribution is 2.25. The van der Waals surface area contributed by atoms with Crippen molar-refractivity contribution in [1.82, 2.24) is 9.55 Å². The van der Waals surface area contributed by atoms with Crippen molar-refractivity contribution in [2.45, 2.75) is 13.2 Å². The minimum Gasteiger partial charge on any atom is -0.478 e. The van der Waals surface area contributed by atoms with Crippen LogP contribution in [0.2, 0.25) is 5.02 Å². The zero-order chi connectivity index (χ0) is 21.1. The molecule has 8 heteroatoms. The second-order valence-electron chi connectivity index (χ2n) is 6.42. The minimum absolute atomic E-state index is 0.174. The first-order chi connectivity index (χ1) is 13.8. The molecule has 3 rings (SSSR count). The summed E-state index contributed by atoms with van der Waals surface area (Å²) in [5.74, 6) is 1.81. The molecule has 0 unspecified atom stereocenters. The zero-order valence-corrected chi connectivity index (χ0v) is 16.3. The fraction of sp³-hybridized carbons (Fsp3) is 0.190. The highest BCUT2D eigenvalue weighted by atomic mass is 35.5. The number of terminal acetylenes is 1. The second-order valence-corrected chi connectivity index (χ2v) is 6.83. The zero-order valence-electron chi connectivity index (χ0n) is 15.6. The number of aliphatic hydroxyl groups is 1. The summed E-state index contributed by atoms with van der Waals surface area (Å²) in [6.45, 7) is 0.222. The van der Waals surface area contributed by atoms with E-state index in [-0.39, 0.29) is 30.1 Å². The molecule has 3 aromatic rings. The van der Waals surface area contributed by atoms with Crippen LogP contribution in [0.4, 0.5) is 5.69 Å². The Morgan fingerprint density at radius 1 is 1.31 bits per heavy atom. The van der Waals surface area contributed by atoms with Gasteiger partial charge in [0.2, 0.25) is 0 Å². The Labute approximate surface area is 171 Å². The highest BCUT2D eigenvalue weighted by Gasteiger charge is 2.14. The van der Waals surface area contributed by atoms with Crippen molar-refractivity contribution in [2.24, 2.45) is 7.05 Å². The SMILES string of the molecule is C#CCN(Cc1cc2c(=O)n(C)c(CO)nc2cc1Cl)c1ccc(C(=O)O)cc1. The Kier molecular flexibility index (Phi) is 5.87. The van der Waals surface area contributed by atoms with Crippen molar-refractivity contribution in [3.05, 3.63) is 68.7 Å². The van der Waals surface area contributed by atoms with E-state index >= 15 is 0 Å². The van der Waals surface area contributed by atoms with Gasteiger partial charge in [0.05, 0.1) is 23.0 Å². The number of carboxylic acids is 1. The van der Waals surface area contributed by atoms with Crippen LogP contribution in [0.1, 0.15) is 21.7 Å². The van der Waals surface area contributed by atoms with Gasteiger partial charge in [0.15, 0.2) is 0 Å². The quantitative estimate of drug-likeness (QED) is 0.605. The normalized spacial score (nSPS) is 10.7. The molecule has 2 aromatic carbocycles. The predicted octanol–water partition coefficient (Wildman–Crippen LogP) is 2.42. The summed E-state index contributed by atoms with van der Waals surface area (Å²) < 4.78 is 1.30. The summed E-state index contributed by atoms with van der Waals surface area (Å²) in [5.41, 5.74) is 1.69. The lowest BCUT2D eigenvalue weighted by Crippen LogP contribution is -2.25. The number of hydrogen-bond acceptors (Lipinski definition) is 5. The number of anilines is 1. The summed E-state index contributed by atoms with van der Waals surface area (Å²) in [6.07, 6.45) is 5.50. The van der Waals surface area contributed by atoms with Crippen molar-refractivity contribution in [3.8, 4) is 12.3 Å². The van der Waals surface area contributed by atoms with Crippen molar-refractivity contribution in [2.75, 3.05) is 11.4 Å². The fourth-order valence-electron chi connectivity index (χ4n) is 3.02. The monoisotopic (exact) mass is 411 g/mol. The number of aliphatic hydroxyl groups excluding tert-OH is 1. The molecular formula is C21H18ClN3O4. The van der Waals surface area contributed by atoms with Gasteiger partial charge in [0.25, 0.3) is 5.56 Å². The first-order valence-corrected chi connectivity index (χ1v) is 9.04. The van der Waals surface area contributed by atoms with Crippen LogP contribution in [0.3, 0.4) is 0 Å². The Bertz CT molecular complexity index is 1180. The van der Waals surface area contributed by atoms with Crippen LogP contribution in [0.15, 0.2) is 41.2 Å². The average molecular weight is 412 g/mol. The van der Waals surface area contributed by atoms with Gasteiger partial charge >= 0.3 is 5.97 Å². The Morgan fingerprint density at radius 2 is 2.00 bits per heavy atom. The highest BCUT2D eigenvalue weighted by molar-refractivity contribution is 6.32. The maximum absolute atomic E-state index is 12.6. The molecule has 0 amide bonds. The number of carboxylic acid groups (broad SMARTS) is 1. The molecule has 0 radical (unpaired) electrons.